The van der Waals surface area contributed by atoms with Gasteiger partial charge in [-0.25, -0.2) is 13.5 Å². The van der Waals surface area contributed by atoms with Gasteiger partial charge in [-0.05, 0) is 49.7 Å². The molecule has 2 aromatic carbocycles. The zero-order valence-corrected chi connectivity index (χ0v) is 16.3. The summed E-state index contributed by atoms with van der Waals surface area (Å²) in [6.45, 7) is 2.95. The lowest BCUT2D eigenvalue weighted by atomic mass is 10.1. The summed E-state index contributed by atoms with van der Waals surface area (Å²) in [5, 5.41) is 6.38. The molecule has 0 bridgehead atoms. The highest BCUT2D eigenvalue weighted by Crippen LogP contribution is 2.30. The van der Waals surface area contributed by atoms with E-state index in [1.54, 1.807) is 0 Å². The highest BCUT2D eigenvalue weighted by molar-refractivity contribution is 5.92. The Hall–Kier alpha value is -3.56. The van der Waals surface area contributed by atoms with Gasteiger partial charge in [-0.15, -0.1) is 0 Å². The van der Waals surface area contributed by atoms with Gasteiger partial charge in [0.1, 0.15) is 0 Å². The second-order valence-corrected chi connectivity index (χ2v) is 6.83. The quantitative estimate of drug-likeness (QED) is 0.618. The molecular formula is C21H16F5N3O2. The van der Waals surface area contributed by atoms with E-state index < -0.39 is 46.4 Å². The monoisotopic (exact) mass is 437 g/mol. The molecule has 5 nitrogen and oxygen atoms in total. The maximum absolute atomic E-state index is 13.4. The Bertz CT molecular complexity index is 1200. The van der Waals surface area contributed by atoms with Crippen LogP contribution in [0.5, 0.6) is 0 Å². The fraction of sp³-hybridized carbons (Fsp3) is 0.190. The second-order valence-electron chi connectivity index (χ2n) is 6.83. The molecule has 0 aliphatic rings. The lowest BCUT2D eigenvalue weighted by molar-refractivity contribution is -0.137. The molecule has 1 heterocycles. The Morgan fingerprint density at radius 1 is 1.06 bits per heavy atom. The molecule has 31 heavy (non-hydrogen) atoms. The minimum Gasteiger partial charge on any atom is -0.344 e. The fourth-order valence-corrected chi connectivity index (χ4v) is 2.91. The summed E-state index contributed by atoms with van der Waals surface area (Å²) < 4.78 is 66.6. The van der Waals surface area contributed by atoms with Crippen LogP contribution >= 0.6 is 0 Å². The Labute approximate surface area is 173 Å². The molecule has 0 saturated heterocycles. The molecule has 0 radical (unpaired) electrons. The summed E-state index contributed by atoms with van der Waals surface area (Å²) in [4.78, 5) is 24.9. The van der Waals surface area contributed by atoms with Crippen molar-refractivity contribution in [1.82, 2.24) is 15.1 Å². The largest absolute Gasteiger partial charge is 0.416 e. The first kappa shape index (κ1) is 22.1. The normalized spacial score (nSPS) is 12.5. The Morgan fingerprint density at radius 2 is 1.77 bits per heavy atom. The summed E-state index contributed by atoms with van der Waals surface area (Å²) in [6, 6.07) is 7.62. The molecule has 0 aliphatic carbocycles. The number of halogens is 5. The van der Waals surface area contributed by atoms with Crippen molar-refractivity contribution in [2.24, 2.45) is 0 Å². The highest BCUT2D eigenvalue weighted by atomic mass is 19.4. The number of aryl methyl sites for hydroxylation is 1. The van der Waals surface area contributed by atoms with E-state index in [4.69, 9.17) is 0 Å². The van der Waals surface area contributed by atoms with Gasteiger partial charge in [0.25, 0.3) is 5.91 Å². The summed E-state index contributed by atoms with van der Waals surface area (Å²) in [5.74, 6) is -3.06. The van der Waals surface area contributed by atoms with E-state index in [-0.39, 0.29) is 16.9 Å². The number of carbonyl (C=O) groups excluding carboxylic acids is 1. The maximum atomic E-state index is 13.4. The zero-order valence-electron chi connectivity index (χ0n) is 16.3. The van der Waals surface area contributed by atoms with Crippen LogP contribution in [0, 0.1) is 18.6 Å². The van der Waals surface area contributed by atoms with Gasteiger partial charge in [-0.1, -0.05) is 12.1 Å². The third kappa shape index (κ3) is 4.79. The Balaban J connectivity index is 1.94. The van der Waals surface area contributed by atoms with E-state index in [0.29, 0.717) is 0 Å². The standard InChI is InChI=1S/C21H16F5N3O2/c1-11-8-18(30)19(20(31)27-12(2)13-6-7-16(22)17(23)9-13)28-29(11)15-5-3-4-14(10-15)21(24,25)26/h3-10,12H,1-2H3,(H,27,31). The molecule has 0 spiro atoms. The molecule has 3 rings (SSSR count). The highest BCUT2D eigenvalue weighted by Gasteiger charge is 2.30. The van der Waals surface area contributed by atoms with Crippen LogP contribution in [0.3, 0.4) is 0 Å². The van der Waals surface area contributed by atoms with Gasteiger partial charge in [-0.3, -0.25) is 9.59 Å². The van der Waals surface area contributed by atoms with Gasteiger partial charge < -0.3 is 5.32 Å². The average Bonchev–Trinajstić information content (AvgIpc) is 2.69. The minimum absolute atomic E-state index is 0.00929. The predicted octanol–water partition coefficient (Wildman–Crippen LogP) is 4.33. The third-order valence-electron chi connectivity index (χ3n) is 4.53. The van der Waals surface area contributed by atoms with Crippen molar-refractivity contribution in [3.63, 3.8) is 0 Å². The third-order valence-corrected chi connectivity index (χ3v) is 4.53. The molecule has 3 aromatic rings. The molecular weight excluding hydrogens is 421 g/mol. The summed E-state index contributed by atoms with van der Waals surface area (Å²) in [5.41, 5.74) is -1.74. The van der Waals surface area contributed by atoms with Crippen LogP contribution in [-0.2, 0) is 6.18 Å². The Morgan fingerprint density at radius 3 is 2.42 bits per heavy atom. The summed E-state index contributed by atoms with van der Waals surface area (Å²) in [7, 11) is 0. The smallest absolute Gasteiger partial charge is 0.344 e. The molecule has 0 aliphatic heterocycles. The van der Waals surface area contributed by atoms with Crippen molar-refractivity contribution in [3.05, 3.63) is 92.9 Å². The summed E-state index contributed by atoms with van der Waals surface area (Å²) in [6.07, 6.45) is -4.58. The predicted molar refractivity (Wildman–Crippen MR) is 102 cm³/mol. The van der Waals surface area contributed by atoms with Gasteiger partial charge >= 0.3 is 6.18 Å². The fourth-order valence-electron chi connectivity index (χ4n) is 2.91. The van der Waals surface area contributed by atoms with Gasteiger partial charge in [-0.2, -0.15) is 18.3 Å². The lowest BCUT2D eigenvalue weighted by Gasteiger charge is -2.16. The van der Waals surface area contributed by atoms with Crippen LogP contribution in [0.4, 0.5) is 22.0 Å². The van der Waals surface area contributed by atoms with Crippen LogP contribution in [0.25, 0.3) is 5.69 Å². The molecule has 1 amide bonds. The SMILES string of the molecule is Cc1cc(=O)c(C(=O)NC(C)c2ccc(F)c(F)c2)nn1-c1cccc(C(F)(F)F)c1. The number of aromatic nitrogens is 2. The number of alkyl halides is 3. The molecule has 10 heteroatoms. The van der Waals surface area contributed by atoms with E-state index in [1.165, 1.54) is 32.0 Å². The number of hydrogen-bond acceptors (Lipinski definition) is 3. The number of hydrogen-bond donors (Lipinski definition) is 1. The zero-order chi connectivity index (χ0) is 22.9. The first-order chi connectivity index (χ1) is 14.5. The minimum atomic E-state index is -4.58. The number of benzene rings is 2. The van der Waals surface area contributed by atoms with Crippen molar-refractivity contribution >= 4 is 5.91 Å². The van der Waals surface area contributed by atoms with Crippen molar-refractivity contribution in [2.75, 3.05) is 0 Å². The van der Waals surface area contributed by atoms with E-state index >= 15 is 0 Å². The van der Waals surface area contributed by atoms with Crippen molar-refractivity contribution in [3.8, 4) is 5.69 Å². The lowest BCUT2D eigenvalue weighted by Crippen LogP contribution is -2.33. The second kappa shape index (κ2) is 8.29. The van der Waals surface area contributed by atoms with Crippen molar-refractivity contribution < 1.29 is 26.7 Å². The van der Waals surface area contributed by atoms with Crippen LogP contribution in [-0.4, -0.2) is 15.7 Å². The molecule has 1 unspecified atom stereocenters. The first-order valence-electron chi connectivity index (χ1n) is 9.02. The average molecular weight is 437 g/mol. The van der Waals surface area contributed by atoms with E-state index in [1.807, 2.05) is 0 Å². The van der Waals surface area contributed by atoms with Crippen LogP contribution in [0.2, 0.25) is 0 Å². The van der Waals surface area contributed by atoms with Gasteiger partial charge in [0.05, 0.1) is 17.3 Å². The molecule has 1 atom stereocenters. The molecule has 162 valence electrons. The number of rotatable bonds is 4. The summed E-state index contributed by atoms with van der Waals surface area (Å²) >= 11 is 0. The van der Waals surface area contributed by atoms with E-state index in [2.05, 4.69) is 10.4 Å². The number of carbonyl (C=O) groups is 1. The molecule has 1 aromatic heterocycles. The van der Waals surface area contributed by atoms with E-state index in [0.717, 1.165) is 35.0 Å². The number of nitrogens with zero attached hydrogens (tertiary/aromatic N) is 2. The van der Waals surface area contributed by atoms with Crippen LogP contribution in [0.15, 0.2) is 53.3 Å². The Kier molecular flexibility index (Phi) is 5.92. The van der Waals surface area contributed by atoms with Crippen molar-refractivity contribution in [2.45, 2.75) is 26.1 Å². The van der Waals surface area contributed by atoms with Crippen LogP contribution < -0.4 is 10.7 Å². The molecule has 0 saturated carbocycles. The van der Waals surface area contributed by atoms with Crippen molar-refractivity contribution in [1.29, 1.82) is 0 Å². The van der Waals surface area contributed by atoms with Crippen LogP contribution in [0.1, 0.15) is 40.3 Å². The number of amides is 1. The van der Waals surface area contributed by atoms with Gasteiger partial charge in [0.15, 0.2) is 17.3 Å². The maximum Gasteiger partial charge on any atom is 0.416 e. The van der Waals surface area contributed by atoms with Gasteiger partial charge in [0.2, 0.25) is 5.43 Å². The first-order valence-corrected chi connectivity index (χ1v) is 9.02. The van der Waals surface area contributed by atoms with E-state index in [9.17, 15) is 31.5 Å². The topological polar surface area (TPSA) is 64.0 Å². The van der Waals surface area contributed by atoms with Gasteiger partial charge in [0, 0.05) is 11.8 Å². The molecule has 1 N–H and O–H groups in total. The molecule has 0 fully saturated rings. The number of nitrogens with one attached hydrogen (secondary N) is 1.